The van der Waals surface area contributed by atoms with E-state index in [1.807, 2.05) is 30.3 Å². The molecule has 90 valence electrons. The van der Waals surface area contributed by atoms with E-state index in [2.05, 4.69) is 10.1 Å². The fourth-order valence-electron chi connectivity index (χ4n) is 1.77. The number of nitrogens with two attached hydrogens (primary N) is 1. The zero-order valence-corrected chi connectivity index (χ0v) is 10.3. The van der Waals surface area contributed by atoms with Crippen molar-refractivity contribution in [3.63, 3.8) is 0 Å². The standard InChI is InChI=1S/C13H11ClN4/c14-11-5-6-12-16-13(17-18(12)8-11)10-3-1-9(7-15)2-4-10/h1-6,8H,7,15H2. The molecule has 0 amide bonds. The maximum atomic E-state index is 5.91. The minimum absolute atomic E-state index is 0.536. The predicted molar refractivity (Wildman–Crippen MR) is 71.3 cm³/mol. The van der Waals surface area contributed by atoms with Crippen LogP contribution in [0.3, 0.4) is 0 Å². The molecule has 4 nitrogen and oxygen atoms in total. The molecule has 0 bridgehead atoms. The Hall–Kier alpha value is -1.91. The van der Waals surface area contributed by atoms with Gasteiger partial charge in [0.1, 0.15) is 0 Å². The fraction of sp³-hybridized carbons (Fsp3) is 0.0769. The summed E-state index contributed by atoms with van der Waals surface area (Å²) in [4.78, 5) is 4.44. The first-order valence-corrected chi connectivity index (χ1v) is 5.95. The highest BCUT2D eigenvalue weighted by Crippen LogP contribution is 2.18. The summed E-state index contributed by atoms with van der Waals surface area (Å²) in [7, 11) is 0. The second-order valence-electron chi connectivity index (χ2n) is 3.99. The highest BCUT2D eigenvalue weighted by Gasteiger charge is 2.06. The molecule has 2 N–H and O–H groups in total. The van der Waals surface area contributed by atoms with Crippen LogP contribution in [0.25, 0.3) is 17.0 Å². The summed E-state index contributed by atoms with van der Waals surface area (Å²) >= 11 is 5.91. The van der Waals surface area contributed by atoms with Crippen molar-refractivity contribution >= 4 is 17.2 Å². The molecule has 0 atom stereocenters. The Morgan fingerprint density at radius 1 is 1.11 bits per heavy atom. The van der Waals surface area contributed by atoms with E-state index < -0.39 is 0 Å². The largest absolute Gasteiger partial charge is 0.326 e. The van der Waals surface area contributed by atoms with E-state index in [4.69, 9.17) is 17.3 Å². The molecule has 1 aromatic carbocycles. The lowest BCUT2D eigenvalue weighted by Gasteiger charge is -1.97. The number of halogens is 1. The van der Waals surface area contributed by atoms with Crippen LogP contribution in [0.15, 0.2) is 42.6 Å². The van der Waals surface area contributed by atoms with Gasteiger partial charge in [0, 0.05) is 18.3 Å². The van der Waals surface area contributed by atoms with Gasteiger partial charge in [-0.3, -0.25) is 0 Å². The van der Waals surface area contributed by atoms with Gasteiger partial charge >= 0.3 is 0 Å². The normalized spacial score (nSPS) is 11.0. The van der Waals surface area contributed by atoms with Crippen molar-refractivity contribution in [1.82, 2.24) is 14.6 Å². The van der Waals surface area contributed by atoms with Gasteiger partial charge in [-0.05, 0) is 17.7 Å². The molecule has 0 saturated heterocycles. The van der Waals surface area contributed by atoms with E-state index in [1.165, 1.54) is 0 Å². The topological polar surface area (TPSA) is 56.2 Å². The number of benzene rings is 1. The van der Waals surface area contributed by atoms with Gasteiger partial charge in [-0.1, -0.05) is 35.9 Å². The zero-order chi connectivity index (χ0) is 12.5. The summed E-state index contributed by atoms with van der Waals surface area (Å²) < 4.78 is 1.68. The maximum absolute atomic E-state index is 5.91. The van der Waals surface area contributed by atoms with Gasteiger partial charge < -0.3 is 5.73 Å². The minimum Gasteiger partial charge on any atom is -0.326 e. The van der Waals surface area contributed by atoms with Crippen LogP contribution >= 0.6 is 11.6 Å². The van der Waals surface area contributed by atoms with E-state index in [9.17, 15) is 0 Å². The van der Waals surface area contributed by atoms with E-state index >= 15 is 0 Å². The van der Waals surface area contributed by atoms with Crippen molar-refractivity contribution in [2.24, 2.45) is 5.73 Å². The third-order valence-corrected chi connectivity index (χ3v) is 2.97. The quantitative estimate of drug-likeness (QED) is 0.768. The minimum atomic E-state index is 0.536. The van der Waals surface area contributed by atoms with Gasteiger partial charge in [0.15, 0.2) is 11.5 Å². The van der Waals surface area contributed by atoms with Crippen molar-refractivity contribution in [3.8, 4) is 11.4 Å². The van der Waals surface area contributed by atoms with Crippen molar-refractivity contribution in [2.45, 2.75) is 6.54 Å². The SMILES string of the molecule is NCc1ccc(-c2nc3ccc(Cl)cn3n2)cc1. The van der Waals surface area contributed by atoms with E-state index in [0.29, 0.717) is 17.4 Å². The summed E-state index contributed by atoms with van der Waals surface area (Å²) in [5.41, 5.74) is 8.40. The fourth-order valence-corrected chi connectivity index (χ4v) is 1.93. The molecule has 3 rings (SSSR count). The monoisotopic (exact) mass is 258 g/mol. The third-order valence-electron chi connectivity index (χ3n) is 2.74. The lowest BCUT2D eigenvalue weighted by atomic mass is 10.1. The van der Waals surface area contributed by atoms with Crippen molar-refractivity contribution < 1.29 is 0 Å². The Kier molecular flexibility index (Phi) is 2.74. The molecule has 3 aromatic rings. The van der Waals surface area contributed by atoms with E-state index in [0.717, 1.165) is 16.8 Å². The summed E-state index contributed by atoms with van der Waals surface area (Å²) in [6, 6.07) is 11.5. The average Bonchev–Trinajstić information content (AvgIpc) is 2.81. The summed E-state index contributed by atoms with van der Waals surface area (Å²) in [5, 5.41) is 5.03. The van der Waals surface area contributed by atoms with Crippen LogP contribution in [0, 0.1) is 0 Å². The second-order valence-corrected chi connectivity index (χ2v) is 4.42. The van der Waals surface area contributed by atoms with Gasteiger partial charge in [-0.25, -0.2) is 9.50 Å². The maximum Gasteiger partial charge on any atom is 0.182 e. The summed E-state index contributed by atoms with van der Waals surface area (Å²) in [5.74, 6) is 0.681. The van der Waals surface area contributed by atoms with Crippen molar-refractivity contribution in [3.05, 3.63) is 53.2 Å². The number of hydrogen-bond donors (Lipinski definition) is 1. The van der Waals surface area contributed by atoms with Crippen LogP contribution in [0.2, 0.25) is 5.02 Å². The molecule has 0 spiro atoms. The Morgan fingerprint density at radius 3 is 2.61 bits per heavy atom. The van der Waals surface area contributed by atoms with Gasteiger partial charge in [0.05, 0.1) is 5.02 Å². The molecular formula is C13H11ClN4. The van der Waals surface area contributed by atoms with Gasteiger partial charge in [0.2, 0.25) is 0 Å². The molecule has 18 heavy (non-hydrogen) atoms. The van der Waals surface area contributed by atoms with Gasteiger partial charge in [-0.2, -0.15) is 0 Å². The lowest BCUT2D eigenvalue weighted by Crippen LogP contribution is -1.95. The van der Waals surface area contributed by atoms with Crippen LogP contribution in [0.4, 0.5) is 0 Å². The number of rotatable bonds is 2. The number of pyridine rings is 1. The zero-order valence-electron chi connectivity index (χ0n) is 9.55. The number of aromatic nitrogens is 3. The third kappa shape index (κ3) is 1.96. The first-order valence-electron chi connectivity index (χ1n) is 5.57. The number of nitrogens with zero attached hydrogens (tertiary/aromatic N) is 3. The highest BCUT2D eigenvalue weighted by molar-refractivity contribution is 6.30. The molecular weight excluding hydrogens is 248 g/mol. The van der Waals surface area contributed by atoms with Crippen molar-refractivity contribution in [1.29, 1.82) is 0 Å². The Morgan fingerprint density at radius 2 is 1.89 bits per heavy atom. The Bertz CT molecular complexity index is 688. The Labute approximate surface area is 109 Å². The molecule has 0 aliphatic carbocycles. The molecule has 2 aromatic heterocycles. The van der Waals surface area contributed by atoms with Crippen LogP contribution in [-0.4, -0.2) is 14.6 Å². The first kappa shape index (κ1) is 11.2. The molecule has 0 unspecified atom stereocenters. The highest BCUT2D eigenvalue weighted by atomic mass is 35.5. The van der Waals surface area contributed by atoms with Gasteiger partial charge in [0.25, 0.3) is 0 Å². The van der Waals surface area contributed by atoms with Crippen LogP contribution in [-0.2, 0) is 6.54 Å². The molecule has 0 fully saturated rings. The lowest BCUT2D eigenvalue weighted by molar-refractivity contribution is 0.965. The Balaban J connectivity index is 2.07. The first-order chi connectivity index (χ1) is 8.76. The average molecular weight is 259 g/mol. The summed E-state index contributed by atoms with van der Waals surface area (Å²) in [6.07, 6.45) is 1.74. The molecule has 0 radical (unpaired) electrons. The molecule has 0 aliphatic heterocycles. The van der Waals surface area contributed by atoms with E-state index in [-0.39, 0.29) is 0 Å². The number of fused-ring (bicyclic) bond motifs is 1. The molecule has 0 saturated carbocycles. The molecule has 0 aliphatic rings. The van der Waals surface area contributed by atoms with Crippen molar-refractivity contribution in [2.75, 3.05) is 0 Å². The van der Waals surface area contributed by atoms with Crippen LogP contribution in [0.5, 0.6) is 0 Å². The molecule has 5 heteroatoms. The molecule has 2 heterocycles. The van der Waals surface area contributed by atoms with Crippen LogP contribution in [0.1, 0.15) is 5.56 Å². The van der Waals surface area contributed by atoms with Gasteiger partial charge in [-0.15, -0.1) is 5.10 Å². The smallest absolute Gasteiger partial charge is 0.182 e. The summed E-state index contributed by atoms with van der Waals surface area (Å²) in [6.45, 7) is 0.536. The second kappa shape index (κ2) is 4.40. The number of hydrogen-bond acceptors (Lipinski definition) is 3. The van der Waals surface area contributed by atoms with E-state index in [1.54, 1.807) is 16.8 Å². The predicted octanol–water partition coefficient (Wildman–Crippen LogP) is 2.51. The van der Waals surface area contributed by atoms with Crippen LogP contribution < -0.4 is 5.73 Å².